The number of nitrogens with one attached hydrogen (secondary N) is 2. The lowest BCUT2D eigenvalue weighted by Crippen LogP contribution is -2.33. The first kappa shape index (κ1) is 15.2. The van der Waals surface area contributed by atoms with E-state index in [1.165, 1.54) is 12.1 Å². The Hall–Kier alpha value is -1.86. The number of hydrogen-bond acceptors (Lipinski definition) is 6. The zero-order chi connectivity index (χ0) is 14.5. The van der Waals surface area contributed by atoms with Crippen molar-refractivity contribution in [2.45, 2.75) is 32.3 Å². The van der Waals surface area contributed by atoms with Gasteiger partial charge in [0, 0.05) is 24.4 Å². The maximum absolute atomic E-state index is 10.8. The van der Waals surface area contributed by atoms with Gasteiger partial charge in [0.25, 0.3) is 5.69 Å². The van der Waals surface area contributed by atoms with Crippen LogP contribution in [0.2, 0.25) is 0 Å². The van der Waals surface area contributed by atoms with E-state index in [0.717, 1.165) is 6.42 Å². The molecule has 1 unspecified atom stereocenters. The summed E-state index contributed by atoms with van der Waals surface area (Å²) in [6, 6.07) is 4.40. The van der Waals surface area contributed by atoms with Crippen LogP contribution in [0, 0.1) is 10.1 Å². The third-order valence-corrected chi connectivity index (χ3v) is 2.76. The molecule has 0 aromatic heterocycles. The molecule has 0 radical (unpaired) electrons. The Morgan fingerprint density at radius 2 is 2.05 bits per heavy atom. The van der Waals surface area contributed by atoms with Gasteiger partial charge in [0.05, 0.1) is 16.2 Å². The van der Waals surface area contributed by atoms with E-state index in [1.54, 1.807) is 13.0 Å². The van der Waals surface area contributed by atoms with Gasteiger partial charge >= 0.3 is 0 Å². The van der Waals surface area contributed by atoms with Crippen LogP contribution in [0.25, 0.3) is 0 Å². The Labute approximate surface area is 111 Å². The second-order valence-electron chi connectivity index (χ2n) is 4.77. The first-order chi connectivity index (χ1) is 8.88. The molecular formula is C12H20N4O3. The van der Waals surface area contributed by atoms with E-state index < -0.39 is 10.5 Å². The molecule has 0 amide bonds. The standard InChI is InChI=1S/C12H20N4O3/c1-3-4-12(2,17)8-14-9-5-10(15-13)7-11(6-9)16(18)19/h5-7,14-15,17H,3-4,8,13H2,1-2H3. The van der Waals surface area contributed by atoms with Crippen LogP contribution in [-0.2, 0) is 0 Å². The number of hydrogen-bond donors (Lipinski definition) is 4. The summed E-state index contributed by atoms with van der Waals surface area (Å²) in [5.41, 5.74) is 2.44. The third kappa shape index (κ3) is 4.72. The molecular weight excluding hydrogens is 248 g/mol. The van der Waals surface area contributed by atoms with Gasteiger partial charge in [-0.2, -0.15) is 0 Å². The SMILES string of the molecule is CCCC(C)(O)CNc1cc(NN)cc([N+](=O)[O-])c1. The van der Waals surface area contributed by atoms with Gasteiger partial charge in [-0.3, -0.25) is 16.0 Å². The number of nitrogens with two attached hydrogens (primary N) is 1. The highest BCUT2D eigenvalue weighted by atomic mass is 16.6. The number of nitrogen functional groups attached to an aromatic ring is 1. The molecule has 0 aliphatic carbocycles. The van der Waals surface area contributed by atoms with Crippen LogP contribution in [0.3, 0.4) is 0 Å². The maximum atomic E-state index is 10.8. The number of nitro groups is 1. The normalized spacial score (nSPS) is 13.7. The number of aliphatic hydroxyl groups is 1. The quantitative estimate of drug-likeness (QED) is 0.341. The zero-order valence-electron chi connectivity index (χ0n) is 11.1. The molecule has 0 bridgehead atoms. The molecule has 0 fully saturated rings. The molecule has 0 saturated heterocycles. The highest BCUT2D eigenvalue weighted by Crippen LogP contribution is 2.24. The average Bonchev–Trinajstić information content (AvgIpc) is 2.36. The summed E-state index contributed by atoms with van der Waals surface area (Å²) in [5.74, 6) is 5.27. The fraction of sp³-hybridized carbons (Fsp3) is 0.500. The number of nitro benzene ring substituents is 1. The fourth-order valence-electron chi connectivity index (χ4n) is 1.82. The largest absolute Gasteiger partial charge is 0.388 e. The minimum atomic E-state index is -0.852. The van der Waals surface area contributed by atoms with Gasteiger partial charge in [-0.1, -0.05) is 13.3 Å². The maximum Gasteiger partial charge on any atom is 0.273 e. The Balaban J connectivity index is 2.83. The van der Waals surface area contributed by atoms with Crippen molar-refractivity contribution in [3.05, 3.63) is 28.3 Å². The molecule has 1 aromatic carbocycles. The average molecular weight is 268 g/mol. The molecule has 1 aromatic rings. The van der Waals surface area contributed by atoms with Gasteiger partial charge in [0.1, 0.15) is 0 Å². The predicted octanol–water partition coefficient (Wildman–Crippen LogP) is 1.84. The zero-order valence-corrected chi connectivity index (χ0v) is 11.1. The van der Waals surface area contributed by atoms with Gasteiger partial charge in [-0.25, -0.2) is 0 Å². The number of anilines is 2. The molecule has 5 N–H and O–H groups in total. The van der Waals surface area contributed by atoms with E-state index in [1.807, 2.05) is 6.92 Å². The number of non-ortho nitro benzene ring substituents is 1. The lowest BCUT2D eigenvalue weighted by molar-refractivity contribution is -0.384. The summed E-state index contributed by atoms with van der Waals surface area (Å²) in [4.78, 5) is 10.3. The van der Waals surface area contributed by atoms with E-state index >= 15 is 0 Å². The Morgan fingerprint density at radius 1 is 1.42 bits per heavy atom. The topological polar surface area (TPSA) is 113 Å². The van der Waals surface area contributed by atoms with E-state index in [4.69, 9.17) is 5.84 Å². The van der Waals surface area contributed by atoms with Crippen molar-refractivity contribution < 1.29 is 10.0 Å². The highest BCUT2D eigenvalue weighted by Gasteiger charge is 2.19. The van der Waals surface area contributed by atoms with Crippen LogP contribution >= 0.6 is 0 Å². The number of nitrogens with zero attached hydrogens (tertiary/aromatic N) is 1. The van der Waals surface area contributed by atoms with Gasteiger partial charge < -0.3 is 15.8 Å². The smallest absolute Gasteiger partial charge is 0.273 e. The van der Waals surface area contributed by atoms with Gasteiger partial charge in [-0.15, -0.1) is 0 Å². The third-order valence-electron chi connectivity index (χ3n) is 2.76. The van der Waals surface area contributed by atoms with Crippen LogP contribution in [0.1, 0.15) is 26.7 Å². The minimum Gasteiger partial charge on any atom is -0.388 e. The summed E-state index contributed by atoms with van der Waals surface area (Å²) < 4.78 is 0. The summed E-state index contributed by atoms with van der Waals surface area (Å²) in [5, 5.41) is 23.8. The van der Waals surface area contributed by atoms with Crippen LogP contribution < -0.4 is 16.6 Å². The second-order valence-corrected chi connectivity index (χ2v) is 4.77. The fourth-order valence-corrected chi connectivity index (χ4v) is 1.82. The highest BCUT2D eigenvalue weighted by molar-refractivity contribution is 5.63. The Bertz CT molecular complexity index is 449. The van der Waals surface area contributed by atoms with Crippen molar-refractivity contribution in [1.82, 2.24) is 0 Å². The van der Waals surface area contributed by atoms with E-state index in [2.05, 4.69) is 10.7 Å². The van der Waals surface area contributed by atoms with Crippen LogP contribution in [-0.4, -0.2) is 22.2 Å². The molecule has 0 aliphatic heterocycles. The van der Waals surface area contributed by atoms with E-state index in [-0.39, 0.29) is 5.69 Å². The van der Waals surface area contributed by atoms with Gasteiger partial charge in [0.15, 0.2) is 0 Å². The summed E-state index contributed by atoms with van der Waals surface area (Å²) in [7, 11) is 0. The van der Waals surface area contributed by atoms with E-state index in [0.29, 0.717) is 24.3 Å². The molecule has 106 valence electrons. The van der Waals surface area contributed by atoms with Crippen LogP contribution in [0.15, 0.2) is 18.2 Å². The second kappa shape index (κ2) is 6.35. The molecule has 0 spiro atoms. The van der Waals surface area contributed by atoms with Crippen LogP contribution in [0.4, 0.5) is 17.1 Å². The lowest BCUT2D eigenvalue weighted by Gasteiger charge is -2.23. The first-order valence-electron chi connectivity index (χ1n) is 6.10. The van der Waals surface area contributed by atoms with Crippen molar-refractivity contribution in [3.8, 4) is 0 Å². The van der Waals surface area contributed by atoms with Gasteiger partial charge in [-0.05, 0) is 19.4 Å². The molecule has 1 atom stereocenters. The Morgan fingerprint density at radius 3 is 2.58 bits per heavy atom. The van der Waals surface area contributed by atoms with Crippen molar-refractivity contribution in [2.75, 3.05) is 17.3 Å². The molecule has 7 nitrogen and oxygen atoms in total. The number of rotatable bonds is 7. The van der Waals surface area contributed by atoms with Crippen LogP contribution in [0.5, 0.6) is 0 Å². The van der Waals surface area contributed by atoms with Crippen molar-refractivity contribution in [1.29, 1.82) is 0 Å². The lowest BCUT2D eigenvalue weighted by atomic mass is 10.0. The molecule has 0 heterocycles. The van der Waals surface area contributed by atoms with Gasteiger partial charge in [0.2, 0.25) is 0 Å². The molecule has 1 rings (SSSR count). The van der Waals surface area contributed by atoms with Crippen molar-refractivity contribution in [3.63, 3.8) is 0 Å². The number of benzene rings is 1. The van der Waals surface area contributed by atoms with E-state index in [9.17, 15) is 15.2 Å². The molecule has 0 saturated carbocycles. The molecule has 7 heteroatoms. The van der Waals surface area contributed by atoms with Crippen molar-refractivity contribution in [2.24, 2.45) is 5.84 Å². The first-order valence-corrected chi connectivity index (χ1v) is 6.10. The summed E-state index contributed by atoms with van der Waals surface area (Å²) in [6.45, 7) is 4.02. The molecule has 0 aliphatic rings. The monoisotopic (exact) mass is 268 g/mol. The Kier molecular flexibility index (Phi) is 5.08. The number of hydrazine groups is 1. The molecule has 19 heavy (non-hydrogen) atoms. The summed E-state index contributed by atoms with van der Waals surface area (Å²) in [6.07, 6.45) is 1.51. The van der Waals surface area contributed by atoms with Crippen molar-refractivity contribution >= 4 is 17.1 Å². The minimum absolute atomic E-state index is 0.0620. The summed E-state index contributed by atoms with van der Waals surface area (Å²) >= 11 is 0. The predicted molar refractivity (Wildman–Crippen MR) is 74.9 cm³/mol.